The Morgan fingerprint density at radius 3 is 2.32 bits per heavy atom. The lowest BCUT2D eigenvalue weighted by atomic mass is 10.0. The lowest BCUT2D eigenvalue weighted by molar-refractivity contribution is -0.136. The molecule has 0 radical (unpaired) electrons. The van der Waals surface area contributed by atoms with Crippen LogP contribution in [0, 0.1) is 0 Å². The molecule has 22 heavy (non-hydrogen) atoms. The van der Waals surface area contributed by atoms with Crippen LogP contribution < -0.4 is 5.43 Å². The highest BCUT2D eigenvalue weighted by molar-refractivity contribution is 6.30. The van der Waals surface area contributed by atoms with Gasteiger partial charge in [0.1, 0.15) is 0 Å². The first-order valence-electron chi connectivity index (χ1n) is 6.35. The maximum absolute atomic E-state index is 13.0. The fourth-order valence-corrected chi connectivity index (χ4v) is 2.45. The van der Waals surface area contributed by atoms with E-state index in [4.69, 9.17) is 11.6 Å². The summed E-state index contributed by atoms with van der Waals surface area (Å²) in [5, 5.41) is 0.180. The average Bonchev–Trinajstić information content (AvgIpc) is 2.46. The zero-order valence-electron chi connectivity index (χ0n) is 11.0. The molecule has 0 atom stereocenters. The number of alkyl halides is 3. The Kier molecular flexibility index (Phi) is 3.45. The molecule has 0 saturated heterocycles. The third kappa shape index (κ3) is 2.60. The van der Waals surface area contributed by atoms with Crippen molar-refractivity contribution >= 4 is 22.5 Å². The molecule has 3 aromatic rings. The van der Waals surface area contributed by atoms with Gasteiger partial charge in [0, 0.05) is 16.8 Å². The number of fused-ring (bicyclic) bond motifs is 1. The molecule has 2 nitrogen and oxygen atoms in total. The first-order chi connectivity index (χ1) is 10.4. The summed E-state index contributed by atoms with van der Waals surface area (Å²) in [6.45, 7) is 0. The van der Waals surface area contributed by atoms with Gasteiger partial charge in [-0.25, -0.2) is 0 Å². The number of hydrogen-bond acceptors (Lipinski definition) is 1. The highest BCUT2D eigenvalue weighted by Gasteiger charge is 2.33. The van der Waals surface area contributed by atoms with Crippen LogP contribution in [0.5, 0.6) is 0 Å². The molecule has 6 heteroatoms. The van der Waals surface area contributed by atoms with Gasteiger partial charge >= 0.3 is 6.18 Å². The first kappa shape index (κ1) is 14.7. The van der Waals surface area contributed by atoms with Crippen molar-refractivity contribution in [3.05, 3.63) is 69.3 Å². The van der Waals surface area contributed by atoms with E-state index in [0.717, 1.165) is 6.07 Å². The summed E-state index contributed by atoms with van der Waals surface area (Å²) in [6, 6.07) is 11.5. The lowest BCUT2D eigenvalue weighted by Gasteiger charge is -2.11. The summed E-state index contributed by atoms with van der Waals surface area (Å²) in [6.07, 6.45) is -4.58. The average molecular weight is 324 g/mol. The van der Waals surface area contributed by atoms with Crippen molar-refractivity contribution in [1.82, 2.24) is 4.98 Å². The van der Waals surface area contributed by atoms with Crippen LogP contribution in [0.1, 0.15) is 5.56 Å². The molecule has 0 amide bonds. The van der Waals surface area contributed by atoms with Crippen LogP contribution in [-0.2, 0) is 6.18 Å². The molecular weight excluding hydrogens is 315 g/mol. The Morgan fingerprint density at radius 1 is 1.00 bits per heavy atom. The van der Waals surface area contributed by atoms with Crippen LogP contribution in [0.15, 0.2) is 53.3 Å². The van der Waals surface area contributed by atoms with Crippen LogP contribution in [0.3, 0.4) is 0 Å². The number of halogens is 4. The summed E-state index contributed by atoms with van der Waals surface area (Å²) in [4.78, 5) is 15.0. The maximum atomic E-state index is 13.0. The van der Waals surface area contributed by atoms with E-state index >= 15 is 0 Å². The van der Waals surface area contributed by atoms with Gasteiger partial charge in [-0.05, 0) is 29.8 Å². The van der Waals surface area contributed by atoms with Crippen molar-refractivity contribution < 1.29 is 13.2 Å². The van der Waals surface area contributed by atoms with Crippen LogP contribution in [0.4, 0.5) is 13.2 Å². The van der Waals surface area contributed by atoms with Crippen LogP contribution in [0.2, 0.25) is 5.02 Å². The van der Waals surface area contributed by atoms with E-state index in [-0.39, 0.29) is 10.9 Å². The number of aromatic nitrogens is 1. The minimum Gasteiger partial charge on any atom is -0.354 e. The van der Waals surface area contributed by atoms with E-state index in [0.29, 0.717) is 16.3 Å². The standard InChI is InChI=1S/C16H9ClF3NO/c17-10-6-4-9(5-7-10)13-8-14(22)15-11(16(18,19)20)2-1-3-12(15)21-13/h1-8H,(H,21,22). The number of hydrogen-bond donors (Lipinski definition) is 1. The van der Waals surface area contributed by atoms with Crippen molar-refractivity contribution in [2.75, 3.05) is 0 Å². The molecule has 1 heterocycles. The topological polar surface area (TPSA) is 32.9 Å². The molecule has 0 spiro atoms. The zero-order valence-corrected chi connectivity index (χ0v) is 11.8. The fraction of sp³-hybridized carbons (Fsp3) is 0.0625. The molecule has 3 rings (SSSR count). The number of rotatable bonds is 1. The van der Waals surface area contributed by atoms with Crippen molar-refractivity contribution in [3.8, 4) is 11.3 Å². The highest BCUT2D eigenvalue weighted by Crippen LogP contribution is 2.33. The molecule has 0 bridgehead atoms. The second kappa shape index (κ2) is 5.18. The SMILES string of the molecule is O=c1cc(-c2ccc(Cl)cc2)[nH]c2cccc(C(F)(F)F)c12. The molecule has 0 fully saturated rings. The minimum absolute atomic E-state index is 0.146. The van der Waals surface area contributed by atoms with Gasteiger partial charge in [-0.15, -0.1) is 0 Å². The zero-order chi connectivity index (χ0) is 15.9. The number of H-pyrrole nitrogens is 1. The molecule has 0 aliphatic rings. The largest absolute Gasteiger partial charge is 0.417 e. The normalized spacial score (nSPS) is 11.8. The Morgan fingerprint density at radius 2 is 1.68 bits per heavy atom. The number of pyridine rings is 1. The first-order valence-corrected chi connectivity index (χ1v) is 6.73. The summed E-state index contributed by atoms with van der Waals surface area (Å²) in [5.74, 6) is 0. The van der Waals surface area contributed by atoms with Gasteiger partial charge in [-0.3, -0.25) is 4.79 Å². The van der Waals surface area contributed by atoms with Gasteiger partial charge in [0.2, 0.25) is 0 Å². The molecule has 1 N–H and O–H groups in total. The van der Waals surface area contributed by atoms with E-state index in [2.05, 4.69) is 4.98 Å². The summed E-state index contributed by atoms with van der Waals surface area (Å²) in [5.41, 5.74) is -0.359. The van der Waals surface area contributed by atoms with Crippen molar-refractivity contribution in [1.29, 1.82) is 0 Å². The predicted octanol–water partition coefficient (Wildman–Crippen LogP) is 4.87. The van der Waals surface area contributed by atoms with E-state index in [9.17, 15) is 18.0 Å². The third-order valence-electron chi connectivity index (χ3n) is 3.32. The van der Waals surface area contributed by atoms with Crippen molar-refractivity contribution in [3.63, 3.8) is 0 Å². The van der Waals surface area contributed by atoms with Crippen LogP contribution >= 0.6 is 11.6 Å². The minimum atomic E-state index is -4.58. The summed E-state index contributed by atoms with van der Waals surface area (Å²) in [7, 11) is 0. The fourth-order valence-electron chi connectivity index (χ4n) is 2.33. The van der Waals surface area contributed by atoms with Gasteiger partial charge in [0.15, 0.2) is 5.43 Å². The van der Waals surface area contributed by atoms with Gasteiger partial charge in [-0.1, -0.05) is 29.8 Å². The van der Waals surface area contributed by atoms with E-state index in [1.807, 2.05) is 0 Å². The Balaban J connectivity index is 2.27. The molecule has 112 valence electrons. The Labute approximate surface area is 128 Å². The molecule has 0 saturated carbocycles. The van der Waals surface area contributed by atoms with Gasteiger partial charge in [-0.2, -0.15) is 13.2 Å². The number of nitrogens with one attached hydrogen (secondary N) is 1. The predicted molar refractivity (Wildman–Crippen MR) is 80.0 cm³/mol. The van der Waals surface area contributed by atoms with Crippen LogP contribution in [-0.4, -0.2) is 4.98 Å². The second-order valence-corrected chi connectivity index (χ2v) is 5.22. The smallest absolute Gasteiger partial charge is 0.354 e. The third-order valence-corrected chi connectivity index (χ3v) is 3.57. The number of aromatic amines is 1. The molecule has 0 unspecified atom stereocenters. The monoisotopic (exact) mass is 323 g/mol. The molecule has 1 aromatic heterocycles. The Hall–Kier alpha value is -2.27. The highest BCUT2D eigenvalue weighted by atomic mass is 35.5. The number of benzene rings is 2. The molecule has 2 aromatic carbocycles. The molecule has 0 aliphatic heterocycles. The van der Waals surface area contributed by atoms with Gasteiger partial charge in [0.25, 0.3) is 0 Å². The maximum Gasteiger partial charge on any atom is 0.417 e. The molecular formula is C16H9ClF3NO. The van der Waals surface area contributed by atoms with Gasteiger partial charge < -0.3 is 4.98 Å². The van der Waals surface area contributed by atoms with Crippen LogP contribution in [0.25, 0.3) is 22.2 Å². The van der Waals surface area contributed by atoms with Gasteiger partial charge in [0.05, 0.1) is 16.5 Å². The van der Waals surface area contributed by atoms with E-state index in [1.165, 1.54) is 18.2 Å². The van der Waals surface area contributed by atoms with Crippen molar-refractivity contribution in [2.24, 2.45) is 0 Å². The lowest BCUT2D eigenvalue weighted by Crippen LogP contribution is -2.12. The Bertz CT molecular complexity index is 898. The molecule has 0 aliphatic carbocycles. The van der Waals surface area contributed by atoms with E-state index in [1.54, 1.807) is 24.3 Å². The van der Waals surface area contributed by atoms with Crippen molar-refractivity contribution in [2.45, 2.75) is 6.18 Å². The second-order valence-electron chi connectivity index (χ2n) is 4.78. The summed E-state index contributed by atoms with van der Waals surface area (Å²) < 4.78 is 39.0. The van der Waals surface area contributed by atoms with E-state index < -0.39 is 17.2 Å². The summed E-state index contributed by atoms with van der Waals surface area (Å²) >= 11 is 5.80. The quantitative estimate of drug-likeness (QED) is 0.681.